The van der Waals surface area contributed by atoms with Crippen molar-refractivity contribution in [2.45, 2.75) is 12.6 Å². The molecule has 0 bridgehead atoms. The number of benzene rings is 1. The van der Waals surface area contributed by atoms with Gasteiger partial charge in [-0.1, -0.05) is 6.07 Å². The highest BCUT2D eigenvalue weighted by Crippen LogP contribution is 2.17. The third-order valence-corrected chi connectivity index (χ3v) is 3.33. The molecule has 1 fully saturated rings. The molecule has 1 aromatic rings. The van der Waals surface area contributed by atoms with Gasteiger partial charge in [0.25, 0.3) is 0 Å². The maximum atomic E-state index is 13.6. The molecule has 6 heteroatoms. The molecule has 0 radical (unpaired) electrons. The van der Waals surface area contributed by atoms with Crippen molar-refractivity contribution < 1.29 is 13.6 Å². The van der Waals surface area contributed by atoms with Gasteiger partial charge < -0.3 is 10.6 Å². The molecular weight excluding hydrogens is 252 g/mol. The van der Waals surface area contributed by atoms with E-state index in [4.69, 9.17) is 0 Å². The summed E-state index contributed by atoms with van der Waals surface area (Å²) in [5.41, 5.74) is 0.0123. The molecule has 1 aliphatic rings. The number of amides is 1. The molecule has 2 N–H and O–H groups in total. The fraction of sp³-hybridized carbons (Fsp3) is 0.462. The van der Waals surface area contributed by atoms with Crippen LogP contribution in [0.1, 0.15) is 5.56 Å². The number of nitrogens with one attached hydrogen (secondary N) is 2. The maximum absolute atomic E-state index is 13.6. The fourth-order valence-electron chi connectivity index (χ4n) is 2.25. The monoisotopic (exact) mass is 269 g/mol. The number of hydrogen-bond donors (Lipinski definition) is 2. The molecule has 0 saturated carbocycles. The van der Waals surface area contributed by atoms with Gasteiger partial charge >= 0.3 is 0 Å². The van der Waals surface area contributed by atoms with E-state index >= 15 is 0 Å². The first-order valence-electron chi connectivity index (χ1n) is 6.22. The lowest BCUT2D eigenvalue weighted by molar-refractivity contribution is -0.126. The molecule has 1 aliphatic heterocycles. The fourth-order valence-corrected chi connectivity index (χ4v) is 2.25. The molecule has 104 valence electrons. The summed E-state index contributed by atoms with van der Waals surface area (Å²) < 4.78 is 27.3. The van der Waals surface area contributed by atoms with Crippen molar-refractivity contribution >= 4 is 5.91 Å². The lowest BCUT2D eigenvalue weighted by atomic mass is 10.1. The van der Waals surface area contributed by atoms with Crippen LogP contribution in [0, 0.1) is 11.6 Å². The zero-order chi connectivity index (χ0) is 13.8. The largest absolute Gasteiger partial charge is 0.358 e. The number of piperazine rings is 1. The van der Waals surface area contributed by atoms with Crippen LogP contribution < -0.4 is 10.6 Å². The summed E-state index contributed by atoms with van der Waals surface area (Å²) >= 11 is 0. The van der Waals surface area contributed by atoms with Gasteiger partial charge in [0.2, 0.25) is 5.91 Å². The van der Waals surface area contributed by atoms with Crippen molar-refractivity contribution in [2.75, 3.05) is 26.7 Å². The normalized spacial score (nSPS) is 20.3. The van der Waals surface area contributed by atoms with Crippen molar-refractivity contribution in [3.8, 4) is 0 Å². The molecule has 1 amide bonds. The van der Waals surface area contributed by atoms with Crippen LogP contribution in [0.2, 0.25) is 0 Å². The van der Waals surface area contributed by atoms with Crippen LogP contribution in [-0.2, 0) is 11.3 Å². The second-order valence-corrected chi connectivity index (χ2v) is 4.50. The van der Waals surface area contributed by atoms with Gasteiger partial charge in [-0.2, -0.15) is 0 Å². The number of likely N-dealkylation sites (N-methyl/N-ethyl adjacent to an activating group) is 1. The van der Waals surface area contributed by atoms with Crippen LogP contribution in [0.5, 0.6) is 0 Å². The number of carbonyl (C=O) groups excluding carboxylic acids is 1. The van der Waals surface area contributed by atoms with E-state index in [2.05, 4.69) is 10.6 Å². The minimum Gasteiger partial charge on any atom is -0.358 e. The smallest absolute Gasteiger partial charge is 0.238 e. The van der Waals surface area contributed by atoms with Crippen molar-refractivity contribution in [1.29, 1.82) is 0 Å². The molecule has 1 heterocycles. The van der Waals surface area contributed by atoms with Gasteiger partial charge in [-0.3, -0.25) is 9.69 Å². The summed E-state index contributed by atoms with van der Waals surface area (Å²) in [6.07, 6.45) is 0. The van der Waals surface area contributed by atoms with E-state index in [1.165, 1.54) is 18.2 Å². The molecule has 1 aromatic carbocycles. The summed E-state index contributed by atoms with van der Waals surface area (Å²) in [5, 5.41) is 5.68. The van der Waals surface area contributed by atoms with Crippen LogP contribution in [0.15, 0.2) is 18.2 Å². The Hall–Kier alpha value is -1.53. The molecule has 0 spiro atoms. The highest BCUT2D eigenvalue weighted by Gasteiger charge is 2.29. The SMILES string of the molecule is CNC(=O)C1CNCCN1Cc1c(F)cccc1F. The number of halogens is 2. The molecule has 19 heavy (non-hydrogen) atoms. The zero-order valence-electron chi connectivity index (χ0n) is 10.7. The van der Waals surface area contributed by atoms with E-state index in [-0.39, 0.29) is 18.0 Å². The highest BCUT2D eigenvalue weighted by molar-refractivity contribution is 5.81. The summed E-state index contributed by atoms with van der Waals surface area (Å²) in [4.78, 5) is 13.5. The number of nitrogens with zero attached hydrogens (tertiary/aromatic N) is 1. The first-order chi connectivity index (χ1) is 9.13. The number of carbonyl (C=O) groups is 1. The van der Waals surface area contributed by atoms with Crippen LogP contribution in [0.4, 0.5) is 8.78 Å². The lowest BCUT2D eigenvalue weighted by Crippen LogP contribution is -2.57. The molecule has 1 unspecified atom stereocenters. The number of rotatable bonds is 3. The molecule has 0 aliphatic carbocycles. The average molecular weight is 269 g/mol. The average Bonchev–Trinajstić information content (AvgIpc) is 2.42. The topological polar surface area (TPSA) is 44.4 Å². The summed E-state index contributed by atoms with van der Waals surface area (Å²) in [7, 11) is 1.55. The van der Waals surface area contributed by atoms with Crippen molar-refractivity contribution in [1.82, 2.24) is 15.5 Å². The van der Waals surface area contributed by atoms with Crippen LogP contribution in [-0.4, -0.2) is 43.5 Å². The lowest BCUT2D eigenvalue weighted by Gasteiger charge is -2.34. The predicted octanol–water partition coefficient (Wildman–Crippen LogP) is 0.485. The predicted molar refractivity (Wildman–Crippen MR) is 67.5 cm³/mol. The Kier molecular flexibility index (Phi) is 4.44. The molecule has 0 aromatic heterocycles. The highest BCUT2D eigenvalue weighted by atomic mass is 19.1. The van der Waals surface area contributed by atoms with Gasteiger partial charge in [-0.25, -0.2) is 8.78 Å². The molecule has 1 saturated heterocycles. The van der Waals surface area contributed by atoms with E-state index < -0.39 is 17.7 Å². The van der Waals surface area contributed by atoms with E-state index in [9.17, 15) is 13.6 Å². The minimum atomic E-state index is -0.575. The maximum Gasteiger partial charge on any atom is 0.238 e. The first-order valence-corrected chi connectivity index (χ1v) is 6.22. The third-order valence-electron chi connectivity index (χ3n) is 3.33. The Bertz CT molecular complexity index is 447. The van der Waals surface area contributed by atoms with Gasteiger partial charge in [0.1, 0.15) is 17.7 Å². The molecule has 4 nitrogen and oxygen atoms in total. The minimum absolute atomic E-state index is 0.0123. The Morgan fingerprint density at radius 2 is 2.16 bits per heavy atom. The van der Waals surface area contributed by atoms with Gasteiger partial charge in [-0.15, -0.1) is 0 Å². The van der Waals surface area contributed by atoms with Crippen molar-refractivity contribution in [3.05, 3.63) is 35.4 Å². The molecule has 2 rings (SSSR count). The van der Waals surface area contributed by atoms with E-state index in [0.29, 0.717) is 19.6 Å². The van der Waals surface area contributed by atoms with E-state index in [1.54, 1.807) is 11.9 Å². The Morgan fingerprint density at radius 3 is 2.79 bits per heavy atom. The Labute approximate surface area is 110 Å². The van der Waals surface area contributed by atoms with Gasteiger partial charge in [0.15, 0.2) is 0 Å². The third kappa shape index (κ3) is 3.08. The zero-order valence-corrected chi connectivity index (χ0v) is 10.7. The quantitative estimate of drug-likeness (QED) is 0.839. The molecule has 1 atom stereocenters. The summed E-state index contributed by atoms with van der Waals surface area (Å²) in [5.74, 6) is -1.30. The summed E-state index contributed by atoms with van der Waals surface area (Å²) in [6, 6.07) is 3.39. The first kappa shape index (κ1) is 13.9. The van der Waals surface area contributed by atoms with Crippen LogP contribution >= 0.6 is 0 Å². The Balaban J connectivity index is 2.18. The Morgan fingerprint density at radius 1 is 1.47 bits per heavy atom. The second kappa shape index (κ2) is 6.08. The van der Waals surface area contributed by atoms with Crippen LogP contribution in [0.3, 0.4) is 0 Å². The van der Waals surface area contributed by atoms with Crippen molar-refractivity contribution in [3.63, 3.8) is 0 Å². The molecular formula is C13H17F2N3O. The van der Waals surface area contributed by atoms with Crippen molar-refractivity contribution in [2.24, 2.45) is 0 Å². The van der Waals surface area contributed by atoms with Gasteiger partial charge in [0.05, 0.1) is 0 Å². The van der Waals surface area contributed by atoms with Gasteiger partial charge in [-0.05, 0) is 12.1 Å². The van der Waals surface area contributed by atoms with Crippen LogP contribution in [0.25, 0.3) is 0 Å². The van der Waals surface area contributed by atoms with E-state index in [0.717, 1.165) is 0 Å². The van der Waals surface area contributed by atoms with Gasteiger partial charge in [0, 0.05) is 38.8 Å². The second-order valence-electron chi connectivity index (χ2n) is 4.50. The standard InChI is InChI=1S/C13H17F2N3O/c1-16-13(19)12-7-17-5-6-18(12)8-9-10(14)3-2-4-11(9)15/h2-4,12,17H,5-8H2,1H3,(H,16,19). The van der Waals surface area contributed by atoms with E-state index in [1.807, 2.05) is 0 Å². The number of hydrogen-bond acceptors (Lipinski definition) is 3. The summed E-state index contributed by atoms with van der Waals surface area (Å²) in [6.45, 7) is 1.85.